The van der Waals surface area contributed by atoms with Gasteiger partial charge in [-0.05, 0) is 28.7 Å². The largest absolute Gasteiger partial charge is 0.508 e. The number of nitrogens with zero attached hydrogens (tertiary/aromatic N) is 1. The molecule has 0 saturated carbocycles. The van der Waals surface area contributed by atoms with E-state index >= 15 is 0 Å². The first-order chi connectivity index (χ1) is 6.36. The normalized spacial score (nSPS) is 10.2. The van der Waals surface area contributed by atoms with Gasteiger partial charge < -0.3 is 5.11 Å². The topological polar surface area (TPSA) is 33.1 Å². The maximum absolute atomic E-state index is 9.49. The highest BCUT2D eigenvalue weighted by atomic mass is 32.1. The predicted octanol–water partition coefficient (Wildman–Crippen LogP) is 2.44. The summed E-state index contributed by atoms with van der Waals surface area (Å²) in [7, 11) is 0. The lowest BCUT2D eigenvalue weighted by Gasteiger charge is -2.00. The molecule has 2 rings (SSSR count). The third-order valence-corrected chi connectivity index (χ3v) is 2.50. The van der Waals surface area contributed by atoms with Crippen molar-refractivity contribution in [2.24, 2.45) is 0 Å². The molecule has 1 N–H and O–H groups in total. The Hall–Kier alpha value is -1.35. The maximum Gasteiger partial charge on any atom is 0.119 e. The van der Waals surface area contributed by atoms with Crippen molar-refractivity contribution in [1.82, 2.24) is 4.37 Å². The Morgan fingerprint density at radius 3 is 2.85 bits per heavy atom. The van der Waals surface area contributed by atoms with Gasteiger partial charge in [-0.15, -0.1) is 0 Å². The molecule has 0 radical (unpaired) electrons. The van der Waals surface area contributed by atoms with Crippen LogP contribution in [0.4, 0.5) is 0 Å². The summed E-state index contributed by atoms with van der Waals surface area (Å²) in [5.41, 5.74) is 2.09. The summed E-state index contributed by atoms with van der Waals surface area (Å²) in [5.74, 6) is 0.355. The Morgan fingerprint density at radius 2 is 2.15 bits per heavy atom. The lowest BCUT2D eigenvalue weighted by molar-refractivity contribution is 0.469. The molecule has 66 valence electrons. The van der Waals surface area contributed by atoms with Crippen LogP contribution in [0.3, 0.4) is 0 Å². The molecule has 1 aromatic carbocycles. The van der Waals surface area contributed by atoms with Crippen LogP contribution in [0.15, 0.2) is 35.8 Å². The smallest absolute Gasteiger partial charge is 0.119 e. The quantitative estimate of drug-likeness (QED) is 0.790. The second-order valence-corrected chi connectivity index (χ2v) is 3.50. The number of hydrogen-bond acceptors (Lipinski definition) is 3. The molecule has 1 heterocycles. The number of hydrogen-bond donors (Lipinski definition) is 1. The van der Waals surface area contributed by atoms with Crippen LogP contribution in [0.25, 0.3) is 0 Å². The molecule has 0 spiro atoms. The van der Waals surface area contributed by atoms with Gasteiger partial charge in [-0.1, -0.05) is 18.2 Å². The minimum absolute atomic E-state index is 0.355. The van der Waals surface area contributed by atoms with E-state index in [-0.39, 0.29) is 0 Å². The molecular formula is C10H9NOS. The first kappa shape index (κ1) is 8.26. The first-order valence-electron chi connectivity index (χ1n) is 4.01. The fourth-order valence-electron chi connectivity index (χ4n) is 1.19. The SMILES string of the molecule is Oc1ccccc1Cc1cnsc1. The Labute approximate surface area is 80.6 Å². The van der Waals surface area contributed by atoms with Crippen LogP contribution in [0.1, 0.15) is 11.1 Å². The van der Waals surface area contributed by atoms with Crippen molar-refractivity contribution < 1.29 is 5.11 Å². The molecule has 2 aromatic rings. The second kappa shape index (κ2) is 3.58. The highest BCUT2D eigenvalue weighted by Crippen LogP contribution is 2.19. The minimum Gasteiger partial charge on any atom is -0.508 e. The van der Waals surface area contributed by atoms with Gasteiger partial charge in [0, 0.05) is 18.0 Å². The maximum atomic E-state index is 9.49. The van der Waals surface area contributed by atoms with Crippen molar-refractivity contribution in [3.05, 3.63) is 47.0 Å². The van der Waals surface area contributed by atoms with E-state index < -0.39 is 0 Å². The van der Waals surface area contributed by atoms with Crippen LogP contribution in [0.2, 0.25) is 0 Å². The zero-order valence-electron chi connectivity index (χ0n) is 6.97. The average Bonchev–Trinajstić information content (AvgIpc) is 2.61. The third-order valence-electron chi connectivity index (χ3n) is 1.87. The minimum atomic E-state index is 0.355. The molecule has 3 heteroatoms. The molecule has 0 saturated heterocycles. The van der Waals surface area contributed by atoms with Crippen LogP contribution >= 0.6 is 11.5 Å². The van der Waals surface area contributed by atoms with E-state index in [1.807, 2.05) is 29.8 Å². The monoisotopic (exact) mass is 191 g/mol. The number of benzene rings is 1. The van der Waals surface area contributed by atoms with Crippen molar-refractivity contribution in [1.29, 1.82) is 0 Å². The van der Waals surface area contributed by atoms with E-state index in [0.717, 1.165) is 17.5 Å². The van der Waals surface area contributed by atoms with Gasteiger partial charge in [0.15, 0.2) is 0 Å². The molecule has 0 aliphatic rings. The summed E-state index contributed by atoms with van der Waals surface area (Å²) >= 11 is 1.43. The van der Waals surface area contributed by atoms with Crippen molar-refractivity contribution in [2.75, 3.05) is 0 Å². The van der Waals surface area contributed by atoms with Crippen molar-refractivity contribution in [2.45, 2.75) is 6.42 Å². The highest BCUT2D eigenvalue weighted by Gasteiger charge is 2.01. The van der Waals surface area contributed by atoms with Gasteiger partial charge in [0.2, 0.25) is 0 Å². The Balaban J connectivity index is 2.24. The number of aromatic hydroxyl groups is 1. The van der Waals surface area contributed by atoms with E-state index in [4.69, 9.17) is 0 Å². The van der Waals surface area contributed by atoms with Gasteiger partial charge in [-0.25, -0.2) is 4.37 Å². The molecule has 0 atom stereocenters. The fraction of sp³-hybridized carbons (Fsp3) is 0.100. The lowest BCUT2D eigenvalue weighted by atomic mass is 10.1. The first-order valence-corrected chi connectivity index (χ1v) is 4.85. The van der Waals surface area contributed by atoms with Crippen LogP contribution < -0.4 is 0 Å². The number of aromatic nitrogens is 1. The van der Waals surface area contributed by atoms with Gasteiger partial charge in [0.05, 0.1) is 0 Å². The fourth-order valence-corrected chi connectivity index (χ4v) is 1.73. The van der Waals surface area contributed by atoms with Gasteiger partial charge in [0.25, 0.3) is 0 Å². The second-order valence-electron chi connectivity index (χ2n) is 2.84. The molecule has 0 amide bonds. The highest BCUT2D eigenvalue weighted by molar-refractivity contribution is 7.03. The van der Waals surface area contributed by atoms with Gasteiger partial charge >= 0.3 is 0 Å². The van der Waals surface area contributed by atoms with Crippen molar-refractivity contribution >= 4 is 11.5 Å². The molecule has 0 fully saturated rings. The van der Waals surface area contributed by atoms with E-state index in [2.05, 4.69) is 4.37 Å². The summed E-state index contributed by atoms with van der Waals surface area (Å²) in [6, 6.07) is 7.38. The summed E-state index contributed by atoms with van der Waals surface area (Å²) in [5, 5.41) is 11.5. The summed E-state index contributed by atoms with van der Waals surface area (Å²) in [6.45, 7) is 0. The molecule has 0 aliphatic heterocycles. The van der Waals surface area contributed by atoms with E-state index in [1.54, 1.807) is 6.07 Å². The third kappa shape index (κ3) is 1.87. The van der Waals surface area contributed by atoms with Crippen LogP contribution in [-0.2, 0) is 6.42 Å². The zero-order chi connectivity index (χ0) is 9.10. The van der Waals surface area contributed by atoms with E-state index in [9.17, 15) is 5.11 Å². The van der Waals surface area contributed by atoms with Gasteiger partial charge in [-0.2, -0.15) is 0 Å². The molecule has 0 bridgehead atoms. The Morgan fingerprint density at radius 1 is 1.31 bits per heavy atom. The molecule has 1 aromatic heterocycles. The number of phenolic OH excluding ortho intramolecular Hbond substituents is 1. The van der Waals surface area contributed by atoms with Crippen molar-refractivity contribution in [3.8, 4) is 5.75 Å². The van der Waals surface area contributed by atoms with Crippen LogP contribution in [-0.4, -0.2) is 9.48 Å². The van der Waals surface area contributed by atoms with Crippen molar-refractivity contribution in [3.63, 3.8) is 0 Å². The molecule has 2 nitrogen and oxygen atoms in total. The van der Waals surface area contributed by atoms with Gasteiger partial charge in [-0.3, -0.25) is 0 Å². The Bertz CT molecular complexity index is 384. The molecule has 0 unspecified atom stereocenters. The average molecular weight is 191 g/mol. The summed E-state index contributed by atoms with van der Waals surface area (Å²) in [6.07, 6.45) is 2.58. The number of para-hydroxylation sites is 1. The van der Waals surface area contributed by atoms with Gasteiger partial charge in [0.1, 0.15) is 5.75 Å². The summed E-state index contributed by atoms with van der Waals surface area (Å²) < 4.78 is 4.01. The Kier molecular flexibility index (Phi) is 2.27. The number of phenols is 1. The zero-order valence-corrected chi connectivity index (χ0v) is 7.79. The molecule has 13 heavy (non-hydrogen) atoms. The standard InChI is InChI=1S/C10H9NOS/c12-10-4-2-1-3-9(10)5-8-6-11-13-7-8/h1-4,6-7,12H,5H2. The lowest BCUT2D eigenvalue weighted by Crippen LogP contribution is -1.85. The summed E-state index contributed by atoms with van der Waals surface area (Å²) in [4.78, 5) is 0. The van der Waals surface area contributed by atoms with Crippen LogP contribution in [0.5, 0.6) is 5.75 Å². The molecule has 0 aliphatic carbocycles. The van der Waals surface area contributed by atoms with E-state index in [1.165, 1.54) is 11.5 Å². The molecular weight excluding hydrogens is 182 g/mol. The number of rotatable bonds is 2. The van der Waals surface area contributed by atoms with E-state index in [0.29, 0.717) is 5.75 Å². The predicted molar refractivity (Wildman–Crippen MR) is 53.0 cm³/mol. The van der Waals surface area contributed by atoms with Crippen LogP contribution in [0, 0.1) is 0 Å².